The third kappa shape index (κ3) is 1.15. The van der Waals surface area contributed by atoms with Crippen molar-refractivity contribution in [3.63, 3.8) is 0 Å². The second-order valence-corrected chi connectivity index (χ2v) is 4.09. The molecule has 0 atom stereocenters. The Morgan fingerprint density at radius 3 is 2.71 bits per heavy atom. The predicted molar refractivity (Wildman–Crippen MR) is 55.2 cm³/mol. The first-order valence-electron chi connectivity index (χ1n) is 4.05. The molecule has 1 heterocycles. The van der Waals surface area contributed by atoms with Crippen molar-refractivity contribution in [1.29, 1.82) is 0 Å². The third-order valence-electron chi connectivity index (χ3n) is 2.09. The van der Waals surface area contributed by atoms with E-state index in [1.807, 2.05) is 19.1 Å². The number of rotatable bonds is 1. The number of benzene rings is 1. The number of aromatic hydroxyl groups is 1. The van der Waals surface area contributed by atoms with Crippen molar-refractivity contribution in [2.75, 3.05) is 0 Å². The fraction of sp³-hybridized carbons (Fsp3) is 0.100. The molecule has 2 aromatic rings. The van der Waals surface area contributed by atoms with Gasteiger partial charge >= 0.3 is 5.97 Å². The van der Waals surface area contributed by atoms with Crippen LogP contribution in [-0.2, 0) is 0 Å². The molecule has 0 saturated heterocycles. The molecule has 0 bridgehead atoms. The van der Waals surface area contributed by atoms with Crippen LogP contribution in [0.3, 0.4) is 0 Å². The highest BCUT2D eigenvalue weighted by Gasteiger charge is 2.17. The Kier molecular flexibility index (Phi) is 1.93. The van der Waals surface area contributed by atoms with Crippen molar-refractivity contribution < 1.29 is 15.0 Å². The average Bonchev–Trinajstić information content (AvgIpc) is 2.45. The standard InChI is InChI=1S/C10H8O3S/c1-5-3-2-4-6-7(5)8(11)9(14-6)10(12)13/h2-4,11H,1H3,(H,12,13). The van der Waals surface area contributed by atoms with Gasteiger partial charge in [0.2, 0.25) is 0 Å². The van der Waals surface area contributed by atoms with Gasteiger partial charge in [0.15, 0.2) is 4.88 Å². The van der Waals surface area contributed by atoms with E-state index < -0.39 is 5.97 Å². The highest BCUT2D eigenvalue weighted by Crippen LogP contribution is 2.38. The van der Waals surface area contributed by atoms with Crippen LogP contribution >= 0.6 is 11.3 Å². The van der Waals surface area contributed by atoms with Crippen LogP contribution in [0.25, 0.3) is 10.1 Å². The molecule has 1 aromatic carbocycles. The van der Waals surface area contributed by atoms with Crippen LogP contribution in [0.15, 0.2) is 18.2 Å². The Hall–Kier alpha value is -1.55. The molecular weight excluding hydrogens is 200 g/mol. The van der Waals surface area contributed by atoms with Crippen molar-refractivity contribution in [2.24, 2.45) is 0 Å². The van der Waals surface area contributed by atoms with E-state index in [4.69, 9.17) is 5.11 Å². The first kappa shape index (κ1) is 9.02. The van der Waals surface area contributed by atoms with E-state index >= 15 is 0 Å². The summed E-state index contributed by atoms with van der Waals surface area (Å²) in [6.45, 7) is 1.85. The zero-order valence-corrected chi connectivity index (χ0v) is 8.26. The summed E-state index contributed by atoms with van der Waals surface area (Å²) in [7, 11) is 0. The molecule has 4 heteroatoms. The molecule has 1 aromatic heterocycles. The predicted octanol–water partition coefficient (Wildman–Crippen LogP) is 2.61. The molecule has 2 N–H and O–H groups in total. The lowest BCUT2D eigenvalue weighted by Gasteiger charge is -1.95. The number of aryl methyl sites for hydroxylation is 1. The van der Waals surface area contributed by atoms with Gasteiger partial charge in [0.1, 0.15) is 5.75 Å². The minimum Gasteiger partial charge on any atom is -0.505 e. The molecule has 0 aliphatic carbocycles. The van der Waals surface area contributed by atoms with E-state index in [1.165, 1.54) is 0 Å². The number of carboxylic acids is 1. The van der Waals surface area contributed by atoms with Gasteiger partial charge in [0.25, 0.3) is 0 Å². The fourth-order valence-electron chi connectivity index (χ4n) is 1.45. The summed E-state index contributed by atoms with van der Waals surface area (Å²) in [5, 5.41) is 19.1. The average molecular weight is 208 g/mol. The molecule has 0 amide bonds. The Balaban J connectivity index is 2.87. The number of thiophene rings is 1. The highest BCUT2D eigenvalue weighted by atomic mass is 32.1. The molecule has 0 saturated carbocycles. The van der Waals surface area contributed by atoms with Gasteiger partial charge in [-0.05, 0) is 18.6 Å². The van der Waals surface area contributed by atoms with Gasteiger partial charge in [0, 0.05) is 10.1 Å². The van der Waals surface area contributed by atoms with Gasteiger partial charge in [-0.15, -0.1) is 11.3 Å². The smallest absolute Gasteiger partial charge is 0.349 e. The molecule has 0 radical (unpaired) electrons. The van der Waals surface area contributed by atoms with Crippen LogP contribution < -0.4 is 0 Å². The molecule has 0 aliphatic rings. The van der Waals surface area contributed by atoms with Crippen LogP contribution in [0.2, 0.25) is 0 Å². The van der Waals surface area contributed by atoms with Gasteiger partial charge in [0.05, 0.1) is 0 Å². The monoisotopic (exact) mass is 208 g/mol. The summed E-state index contributed by atoms with van der Waals surface area (Å²) in [5.74, 6) is -1.20. The number of aromatic carboxylic acids is 1. The van der Waals surface area contributed by atoms with Crippen LogP contribution in [0.1, 0.15) is 15.2 Å². The van der Waals surface area contributed by atoms with Crippen molar-refractivity contribution in [3.8, 4) is 5.75 Å². The molecule has 72 valence electrons. The lowest BCUT2D eigenvalue weighted by atomic mass is 10.1. The zero-order chi connectivity index (χ0) is 10.3. The molecule has 0 aliphatic heterocycles. The number of hydrogen-bond donors (Lipinski definition) is 2. The summed E-state index contributed by atoms with van der Waals surface area (Å²) >= 11 is 1.10. The minimum absolute atomic E-state index is 0.00861. The van der Waals surface area contributed by atoms with Crippen molar-refractivity contribution in [2.45, 2.75) is 6.92 Å². The topological polar surface area (TPSA) is 57.5 Å². The number of carbonyl (C=O) groups is 1. The SMILES string of the molecule is Cc1cccc2sc(C(=O)O)c(O)c12. The summed E-state index contributed by atoms with van der Waals surface area (Å²) < 4.78 is 0.805. The molecule has 3 nitrogen and oxygen atoms in total. The van der Waals surface area contributed by atoms with E-state index in [-0.39, 0.29) is 10.6 Å². The fourth-order valence-corrected chi connectivity index (χ4v) is 2.46. The van der Waals surface area contributed by atoms with Gasteiger partial charge in [-0.25, -0.2) is 4.79 Å². The van der Waals surface area contributed by atoms with Crippen molar-refractivity contribution in [3.05, 3.63) is 28.6 Å². The second-order valence-electron chi connectivity index (χ2n) is 3.03. The lowest BCUT2D eigenvalue weighted by Crippen LogP contribution is -1.91. The minimum atomic E-state index is -1.08. The van der Waals surface area contributed by atoms with Gasteiger partial charge < -0.3 is 10.2 Å². The van der Waals surface area contributed by atoms with Crippen LogP contribution in [0.5, 0.6) is 5.75 Å². The molecule has 14 heavy (non-hydrogen) atoms. The molecule has 0 fully saturated rings. The van der Waals surface area contributed by atoms with Gasteiger partial charge in [-0.1, -0.05) is 12.1 Å². The lowest BCUT2D eigenvalue weighted by molar-refractivity contribution is 0.0699. The maximum atomic E-state index is 10.8. The third-order valence-corrected chi connectivity index (χ3v) is 3.22. The summed E-state index contributed by atoms with van der Waals surface area (Å²) in [5.41, 5.74) is 0.892. The van der Waals surface area contributed by atoms with E-state index in [0.29, 0.717) is 5.39 Å². The van der Waals surface area contributed by atoms with Crippen molar-refractivity contribution in [1.82, 2.24) is 0 Å². The number of fused-ring (bicyclic) bond motifs is 1. The summed E-state index contributed by atoms with van der Waals surface area (Å²) in [6, 6.07) is 5.50. The first-order valence-corrected chi connectivity index (χ1v) is 4.87. The van der Waals surface area contributed by atoms with Crippen LogP contribution in [-0.4, -0.2) is 16.2 Å². The summed E-state index contributed by atoms with van der Waals surface area (Å²) in [4.78, 5) is 10.8. The van der Waals surface area contributed by atoms with E-state index in [9.17, 15) is 9.90 Å². The van der Waals surface area contributed by atoms with Crippen molar-refractivity contribution >= 4 is 27.4 Å². The normalized spacial score (nSPS) is 10.6. The Morgan fingerprint density at radius 2 is 2.14 bits per heavy atom. The van der Waals surface area contributed by atoms with Gasteiger partial charge in [-0.2, -0.15) is 0 Å². The maximum Gasteiger partial charge on any atom is 0.349 e. The maximum absolute atomic E-state index is 10.8. The van der Waals surface area contributed by atoms with Crippen LogP contribution in [0, 0.1) is 6.92 Å². The zero-order valence-electron chi connectivity index (χ0n) is 7.44. The Bertz CT molecular complexity index is 513. The van der Waals surface area contributed by atoms with E-state index in [1.54, 1.807) is 6.07 Å². The molecular formula is C10H8O3S. The Labute approximate surface area is 84.2 Å². The second kappa shape index (κ2) is 2.99. The number of carboxylic acid groups (broad SMARTS) is 1. The number of hydrogen-bond acceptors (Lipinski definition) is 3. The largest absolute Gasteiger partial charge is 0.505 e. The van der Waals surface area contributed by atoms with E-state index in [2.05, 4.69) is 0 Å². The first-order chi connectivity index (χ1) is 6.61. The summed E-state index contributed by atoms with van der Waals surface area (Å²) in [6.07, 6.45) is 0. The molecule has 0 unspecified atom stereocenters. The van der Waals surface area contributed by atoms with E-state index in [0.717, 1.165) is 21.6 Å². The molecule has 2 rings (SSSR count). The molecule has 0 spiro atoms. The van der Waals surface area contributed by atoms with Gasteiger partial charge in [-0.3, -0.25) is 0 Å². The van der Waals surface area contributed by atoms with Crippen LogP contribution in [0.4, 0.5) is 0 Å². The highest BCUT2D eigenvalue weighted by molar-refractivity contribution is 7.21. The quantitative estimate of drug-likeness (QED) is 0.757. The Morgan fingerprint density at radius 1 is 1.43 bits per heavy atom.